The van der Waals surface area contributed by atoms with Crippen molar-refractivity contribution < 1.29 is 52.0 Å². The lowest BCUT2D eigenvalue weighted by Gasteiger charge is -2.64. The van der Waals surface area contributed by atoms with Crippen LogP contribution in [0.2, 0.25) is 0 Å². The van der Waals surface area contributed by atoms with Crippen LogP contribution in [0.1, 0.15) is 125 Å². The van der Waals surface area contributed by atoms with Gasteiger partial charge in [-0.25, -0.2) is 9.78 Å². The fourth-order valence-corrected chi connectivity index (χ4v) is 14.8. The molecule has 4 saturated heterocycles. The molecule has 0 aromatic rings. The Kier molecular flexibility index (Phi) is 10.4. The second-order valence-electron chi connectivity index (χ2n) is 20.1. The second-order valence-corrected chi connectivity index (χ2v) is 21.6. The van der Waals surface area contributed by atoms with E-state index >= 15 is 0 Å². The number of carbonyl (C=O) groups is 1. The summed E-state index contributed by atoms with van der Waals surface area (Å²) in [6.45, 7) is 13.2. The van der Waals surface area contributed by atoms with Crippen molar-refractivity contribution in [3.8, 4) is 0 Å². The van der Waals surface area contributed by atoms with Gasteiger partial charge in [0.1, 0.15) is 0 Å². The van der Waals surface area contributed by atoms with Crippen LogP contribution >= 0.6 is 0 Å². The molecule has 1 spiro atoms. The highest BCUT2D eigenvalue weighted by molar-refractivity contribution is 7.85. The van der Waals surface area contributed by atoms with E-state index in [-0.39, 0.29) is 83.1 Å². The van der Waals surface area contributed by atoms with Gasteiger partial charge in [-0.2, -0.15) is 8.42 Å². The molecule has 19 atom stereocenters. The first-order valence-corrected chi connectivity index (χ1v) is 22.9. The number of hydrogen-bond donors (Lipinski definition) is 4. The van der Waals surface area contributed by atoms with Crippen LogP contribution in [0.4, 0.5) is 0 Å². The van der Waals surface area contributed by atoms with Gasteiger partial charge >= 0.3 is 0 Å². The second kappa shape index (κ2) is 14.1. The maximum atomic E-state index is 12.5. The van der Waals surface area contributed by atoms with Crippen molar-refractivity contribution in [1.29, 1.82) is 0 Å². The van der Waals surface area contributed by atoms with Gasteiger partial charge < -0.3 is 29.7 Å². The van der Waals surface area contributed by atoms with Crippen molar-refractivity contribution in [3.05, 3.63) is 0 Å². The van der Waals surface area contributed by atoms with Crippen molar-refractivity contribution in [3.63, 3.8) is 0 Å². The standard InChI is InChI=1S/C41H67NO11S/c1-22(8-12-34(45)42-17-18-54(46,47)48)27-10-11-30-35-31(21-33(44)40(27,30)6)38(4)15-13-26(19-25(38)20-32(35)43)49-36-24(3)29-9-7-23(2)28-14-16-39(5)51-37(50-36)41(28,29)53-52-39/h22-33,35-37,43-44H,7-21H2,1-6H3,(H,42,45)(H,46,47,48)/t22-,23-,24-,25?,26-,27-,28?,29?,30?,31?,32-,33+,35?,36?,37?,38+,39?,40-,41-/m1/s1. The molecule has 4 heterocycles. The van der Waals surface area contributed by atoms with Gasteiger partial charge in [0, 0.05) is 31.2 Å². The molecule has 308 valence electrons. The summed E-state index contributed by atoms with van der Waals surface area (Å²) in [4.78, 5) is 24.9. The third-order valence-corrected chi connectivity index (χ3v) is 18.2. The Bertz CT molecular complexity index is 1530. The third kappa shape index (κ3) is 6.44. The van der Waals surface area contributed by atoms with Crippen molar-refractivity contribution in [2.24, 2.45) is 70.0 Å². The van der Waals surface area contributed by atoms with Gasteiger partial charge in [0.2, 0.25) is 11.7 Å². The maximum Gasteiger partial charge on any atom is 0.266 e. The topological polar surface area (TPSA) is 170 Å². The summed E-state index contributed by atoms with van der Waals surface area (Å²) in [6.07, 6.45) is 9.11. The zero-order chi connectivity index (χ0) is 38.6. The first-order valence-electron chi connectivity index (χ1n) is 21.3. The summed E-state index contributed by atoms with van der Waals surface area (Å²) in [7, 11) is -4.13. The molecular weight excluding hydrogens is 715 g/mol. The Labute approximate surface area is 322 Å². The number of carbonyl (C=O) groups excluding carboxylic acids is 1. The largest absolute Gasteiger partial charge is 0.393 e. The molecule has 0 radical (unpaired) electrons. The Morgan fingerprint density at radius 3 is 2.44 bits per heavy atom. The zero-order valence-electron chi connectivity index (χ0n) is 33.3. The van der Waals surface area contributed by atoms with Crippen molar-refractivity contribution in [1.82, 2.24) is 5.32 Å². The van der Waals surface area contributed by atoms with E-state index < -0.39 is 52.0 Å². The summed E-state index contributed by atoms with van der Waals surface area (Å²) >= 11 is 0. The molecule has 9 rings (SSSR count). The van der Waals surface area contributed by atoms with E-state index in [2.05, 4.69) is 39.9 Å². The van der Waals surface area contributed by atoms with E-state index in [0.29, 0.717) is 24.7 Å². The highest BCUT2D eigenvalue weighted by atomic mass is 32.2. The highest BCUT2D eigenvalue weighted by Gasteiger charge is 2.70. The Morgan fingerprint density at radius 2 is 1.69 bits per heavy atom. The summed E-state index contributed by atoms with van der Waals surface area (Å²) in [5.41, 5.74) is -0.967. The molecule has 54 heavy (non-hydrogen) atoms. The molecule has 0 aromatic heterocycles. The summed E-state index contributed by atoms with van der Waals surface area (Å²) < 4.78 is 51.4. The highest BCUT2D eigenvalue weighted by Crippen LogP contribution is 2.69. The van der Waals surface area contributed by atoms with Gasteiger partial charge in [-0.05, 0) is 136 Å². The van der Waals surface area contributed by atoms with Crippen LogP contribution in [-0.4, -0.2) is 83.7 Å². The Hall–Kier alpha value is -0.900. The lowest BCUT2D eigenvalue weighted by molar-refractivity contribution is -0.578. The molecule has 1 amide bonds. The Balaban J connectivity index is 0.920. The predicted octanol–water partition coefficient (Wildman–Crippen LogP) is 5.60. The van der Waals surface area contributed by atoms with Crippen LogP contribution in [0.25, 0.3) is 0 Å². The summed E-state index contributed by atoms with van der Waals surface area (Å²) in [6, 6.07) is 0. The first kappa shape index (κ1) is 39.9. The minimum atomic E-state index is -4.13. The van der Waals surface area contributed by atoms with Crippen LogP contribution in [0.5, 0.6) is 0 Å². The van der Waals surface area contributed by atoms with E-state index in [4.69, 9.17) is 28.5 Å². The molecule has 5 aliphatic carbocycles. The lowest BCUT2D eigenvalue weighted by Crippen LogP contribution is -2.70. The number of hydrogen-bond acceptors (Lipinski definition) is 10. The van der Waals surface area contributed by atoms with Crippen molar-refractivity contribution in [2.45, 2.75) is 167 Å². The van der Waals surface area contributed by atoms with Gasteiger partial charge in [-0.1, -0.05) is 34.6 Å². The molecule has 9 fully saturated rings. The van der Waals surface area contributed by atoms with Gasteiger partial charge in [-0.3, -0.25) is 9.35 Å². The monoisotopic (exact) mass is 781 g/mol. The number of aliphatic hydroxyl groups is 2. The molecule has 9 unspecified atom stereocenters. The number of ether oxygens (including phenoxy) is 3. The van der Waals surface area contributed by atoms with Crippen LogP contribution in [0, 0.1) is 70.0 Å². The molecule has 0 aromatic carbocycles. The molecule has 4 N–H and O–H groups in total. The maximum absolute atomic E-state index is 12.5. The van der Waals surface area contributed by atoms with Crippen LogP contribution in [0.3, 0.4) is 0 Å². The molecule has 2 bridgehead atoms. The predicted molar refractivity (Wildman–Crippen MR) is 198 cm³/mol. The van der Waals surface area contributed by atoms with Crippen LogP contribution in [0.15, 0.2) is 0 Å². The quantitative estimate of drug-likeness (QED) is 0.131. The lowest BCUT2D eigenvalue weighted by atomic mass is 9.43. The van der Waals surface area contributed by atoms with E-state index in [1.807, 2.05) is 6.92 Å². The number of fused-ring (bicyclic) bond motifs is 7. The molecular formula is C41H67NO11S. The van der Waals surface area contributed by atoms with Gasteiger partial charge in [0.15, 0.2) is 18.2 Å². The molecule has 12 nitrogen and oxygen atoms in total. The first-order chi connectivity index (χ1) is 25.4. The smallest absolute Gasteiger partial charge is 0.266 e. The van der Waals surface area contributed by atoms with Gasteiger partial charge in [0.05, 0.1) is 24.1 Å². The number of nitrogens with one attached hydrogen (secondary N) is 1. The third-order valence-electron chi connectivity index (χ3n) is 17.4. The van der Waals surface area contributed by atoms with E-state index in [1.54, 1.807) is 0 Å². The molecule has 4 aliphatic heterocycles. The zero-order valence-corrected chi connectivity index (χ0v) is 34.1. The average Bonchev–Trinajstić information content (AvgIpc) is 3.30. The van der Waals surface area contributed by atoms with Gasteiger partial charge in [0.25, 0.3) is 10.1 Å². The average molecular weight is 782 g/mol. The molecule has 13 heteroatoms. The van der Waals surface area contributed by atoms with E-state index in [0.717, 1.165) is 64.2 Å². The van der Waals surface area contributed by atoms with Crippen molar-refractivity contribution in [2.75, 3.05) is 12.3 Å². The van der Waals surface area contributed by atoms with Gasteiger partial charge in [-0.15, -0.1) is 0 Å². The SMILES string of the molecule is C[C@H]1C(O[C@@H]2CC[C@@]3(C)C(C2)C[C@@H](O)C2C3C[C@H](O)[C@@]3(C)C2CC[C@@H]3[C@H](C)CCC(=O)NCCS(=O)(=O)O)OC2OC3(C)CCC4[C@H](C)CCC1[C@@]24OO3. The van der Waals surface area contributed by atoms with Crippen LogP contribution < -0.4 is 5.32 Å². The fraction of sp³-hybridized carbons (Fsp3) is 0.976. The minimum Gasteiger partial charge on any atom is -0.393 e. The molecule has 5 saturated carbocycles. The normalized spacial score (nSPS) is 53.0. The summed E-state index contributed by atoms with van der Waals surface area (Å²) in [5.74, 6) is 0.822. The van der Waals surface area contributed by atoms with Crippen molar-refractivity contribution >= 4 is 16.0 Å². The summed E-state index contributed by atoms with van der Waals surface area (Å²) in [5, 5.41) is 26.8. The number of aliphatic hydroxyl groups excluding tert-OH is 2. The molecule has 9 aliphatic rings. The number of amides is 1. The Morgan fingerprint density at radius 1 is 0.926 bits per heavy atom. The van der Waals surface area contributed by atoms with E-state index in [9.17, 15) is 23.4 Å². The number of rotatable bonds is 9. The fourth-order valence-electron chi connectivity index (χ4n) is 14.4. The van der Waals surface area contributed by atoms with Crippen LogP contribution in [-0.2, 0) is 38.9 Å². The minimum absolute atomic E-state index is 0.00491. The van der Waals surface area contributed by atoms with E-state index in [1.165, 1.54) is 0 Å².